The first-order valence-corrected chi connectivity index (χ1v) is 8.30. The van der Waals surface area contributed by atoms with Gasteiger partial charge in [-0.3, -0.25) is 14.5 Å². The van der Waals surface area contributed by atoms with Crippen molar-refractivity contribution in [2.75, 3.05) is 18.0 Å². The highest BCUT2D eigenvalue weighted by atomic mass is 35.5. The Balaban J connectivity index is 1.78. The zero-order chi connectivity index (χ0) is 15.7. The molecule has 118 valence electrons. The molecule has 1 aromatic rings. The Morgan fingerprint density at radius 3 is 2.41 bits per heavy atom. The van der Waals surface area contributed by atoms with E-state index in [9.17, 15) is 9.59 Å². The van der Waals surface area contributed by atoms with Crippen LogP contribution in [0.5, 0.6) is 0 Å². The average Bonchev–Trinajstić information content (AvgIpc) is 2.90. The molecule has 2 aliphatic heterocycles. The summed E-state index contributed by atoms with van der Waals surface area (Å²) in [6.07, 6.45) is 3.14. The van der Waals surface area contributed by atoms with Gasteiger partial charge in [-0.2, -0.15) is 0 Å². The van der Waals surface area contributed by atoms with Gasteiger partial charge in [0.05, 0.1) is 0 Å². The van der Waals surface area contributed by atoms with Crippen LogP contribution >= 0.6 is 11.6 Å². The summed E-state index contributed by atoms with van der Waals surface area (Å²) in [5, 5.41) is 0.628. The SMILES string of the molecule is CC1CCN(C(=O)C2CCC(=O)N2c2ccc(Cl)cc2)CC1. The molecule has 4 nitrogen and oxygen atoms in total. The van der Waals surface area contributed by atoms with Crippen molar-refractivity contribution in [2.45, 2.75) is 38.6 Å². The van der Waals surface area contributed by atoms with Gasteiger partial charge in [-0.15, -0.1) is 0 Å². The van der Waals surface area contributed by atoms with Gasteiger partial charge in [0.25, 0.3) is 0 Å². The van der Waals surface area contributed by atoms with Crippen molar-refractivity contribution in [1.82, 2.24) is 4.90 Å². The van der Waals surface area contributed by atoms with Gasteiger partial charge < -0.3 is 4.90 Å². The van der Waals surface area contributed by atoms with Gasteiger partial charge in [0.2, 0.25) is 11.8 Å². The third kappa shape index (κ3) is 2.98. The Morgan fingerprint density at radius 1 is 1.14 bits per heavy atom. The molecule has 0 bridgehead atoms. The maximum Gasteiger partial charge on any atom is 0.245 e. The van der Waals surface area contributed by atoms with Gasteiger partial charge in [0.1, 0.15) is 6.04 Å². The summed E-state index contributed by atoms with van der Waals surface area (Å²) >= 11 is 5.91. The summed E-state index contributed by atoms with van der Waals surface area (Å²) in [6, 6.07) is 6.77. The highest BCUT2D eigenvalue weighted by Crippen LogP contribution is 2.29. The monoisotopic (exact) mass is 320 g/mol. The molecule has 1 atom stereocenters. The summed E-state index contributed by atoms with van der Waals surface area (Å²) < 4.78 is 0. The molecule has 0 N–H and O–H groups in total. The number of piperidine rings is 1. The van der Waals surface area contributed by atoms with Crippen molar-refractivity contribution >= 4 is 29.1 Å². The van der Waals surface area contributed by atoms with E-state index < -0.39 is 0 Å². The first kappa shape index (κ1) is 15.3. The number of nitrogens with zero attached hydrogens (tertiary/aromatic N) is 2. The van der Waals surface area contributed by atoms with Gasteiger partial charge in [-0.25, -0.2) is 0 Å². The van der Waals surface area contributed by atoms with Gasteiger partial charge in [-0.1, -0.05) is 18.5 Å². The van der Waals surface area contributed by atoms with Crippen LogP contribution in [0.3, 0.4) is 0 Å². The lowest BCUT2D eigenvalue weighted by Crippen LogP contribution is -2.49. The smallest absolute Gasteiger partial charge is 0.245 e. The summed E-state index contributed by atoms with van der Waals surface area (Å²) in [5.41, 5.74) is 0.760. The third-order valence-corrected chi connectivity index (χ3v) is 4.95. The Bertz CT molecular complexity index is 565. The predicted molar refractivity (Wildman–Crippen MR) is 86.9 cm³/mol. The lowest BCUT2D eigenvalue weighted by Gasteiger charge is -2.34. The standard InChI is InChI=1S/C17H21ClN2O2/c1-12-8-10-19(11-9-12)17(22)15-6-7-16(21)20(15)14-4-2-13(18)3-5-14/h2-5,12,15H,6-11H2,1H3. The minimum absolute atomic E-state index is 0.0195. The van der Waals surface area contributed by atoms with Crippen LogP contribution in [0.25, 0.3) is 0 Å². The highest BCUT2D eigenvalue weighted by Gasteiger charge is 2.39. The molecule has 0 spiro atoms. The predicted octanol–water partition coefficient (Wildman–Crippen LogP) is 3.09. The van der Waals surface area contributed by atoms with Gasteiger partial charge in [-0.05, 0) is 49.4 Å². The second kappa shape index (κ2) is 6.29. The quantitative estimate of drug-likeness (QED) is 0.840. The largest absolute Gasteiger partial charge is 0.341 e. The van der Waals surface area contributed by atoms with Crippen LogP contribution in [0.1, 0.15) is 32.6 Å². The van der Waals surface area contributed by atoms with E-state index in [2.05, 4.69) is 6.92 Å². The molecule has 2 aliphatic rings. The molecule has 0 saturated carbocycles. The van der Waals surface area contributed by atoms with Crippen molar-refractivity contribution in [3.8, 4) is 0 Å². The van der Waals surface area contributed by atoms with E-state index in [-0.39, 0.29) is 17.9 Å². The zero-order valence-electron chi connectivity index (χ0n) is 12.8. The Hall–Kier alpha value is -1.55. The number of carbonyl (C=O) groups is 2. The fourth-order valence-electron chi connectivity index (χ4n) is 3.28. The van der Waals surface area contributed by atoms with Crippen LogP contribution in [0.4, 0.5) is 5.69 Å². The molecule has 1 aromatic carbocycles. The number of likely N-dealkylation sites (tertiary alicyclic amines) is 1. The van der Waals surface area contributed by atoms with E-state index >= 15 is 0 Å². The molecular formula is C17H21ClN2O2. The fraction of sp³-hybridized carbons (Fsp3) is 0.529. The first-order valence-electron chi connectivity index (χ1n) is 7.92. The van der Waals surface area contributed by atoms with E-state index in [1.165, 1.54) is 0 Å². The summed E-state index contributed by atoms with van der Waals surface area (Å²) in [6.45, 7) is 3.83. The molecule has 0 aromatic heterocycles. The van der Waals surface area contributed by atoms with E-state index in [1.807, 2.05) is 17.0 Å². The molecule has 22 heavy (non-hydrogen) atoms. The molecule has 1 unspecified atom stereocenters. The van der Waals surface area contributed by atoms with Crippen LogP contribution in [0, 0.1) is 5.92 Å². The first-order chi connectivity index (χ1) is 10.6. The van der Waals surface area contributed by atoms with E-state index in [0.29, 0.717) is 23.8 Å². The van der Waals surface area contributed by atoms with Gasteiger partial charge in [0, 0.05) is 30.2 Å². The number of halogens is 1. The second-order valence-corrected chi connectivity index (χ2v) is 6.74. The second-order valence-electron chi connectivity index (χ2n) is 6.30. The molecule has 5 heteroatoms. The lowest BCUT2D eigenvalue weighted by molar-refractivity contribution is -0.134. The van der Waals surface area contributed by atoms with Crippen molar-refractivity contribution in [2.24, 2.45) is 5.92 Å². The molecule has 0 radical (unpaired) electrons. The molecule has 2 saturated heterocycles. The number of hydrogen-bond donors (Lipinski definition) is 0. The van der Waals surface area contributed by atoms with Crippen molar-refractivity contribution in [3.05, 3.63) is 29.3 Å². The molecule has 2 amide bonds. The van der Waals surface area contributed by atoms with E-state index in [0.717, 1.165) is 31.6 Å². The Morgan fingerprint density at radius 2 is 1.77 bits per heavy atom. The number of benzene rings is 1. The summed E-state index contributed by atoms with van der Waals surface area (Å²) in [4.78, 5) is 28.6. The minimum Gasteiger partial charge on any atom is -0.341 e. The highest BCUT2D eigenvalue weighted by molar-refractivity contribution is 6.30. The normalized spacial score (nSPS) is 23.2. The van der Waals surface area contributed by atoms with Crippen LogP contribution in [0.15, 0.2) is 24.3 Å². The Kier molecular flexibility index (Phi) is 4.39. The molecule has 2 heterocycles. The number of carbonyl (C=O) groups excluding carboxylic acids is 2. The van der Waals surface area contributed by atoms with Crippen molar-refractivity contribution in [1.29, 1.82) is 0 Å². The topological polar surface area (TPSA) is 40.6 Å². The molecule has 0 aliphatic carbocycles. The van der Waals surface area contributed by atoms with E-state index in [1.54, 1.807) is 17.0 Å². The fourth-order valence-corrected chi connectivity index (χ4v) is 3.41. The molecule has 3 rings (SSSR count). The summed E-state index contributed by atoms with van der Waals surface area (Å²) in [5.74, 6) is 0.792. The lowest BCUT2D eigenvalue weighted by atomic mass is 9.98. The van der Waals surface area contributed by atoms with Crippen LogP contribution in [-0.2, 0) is 9.59 Å². The number of hydrogen-bond acceptors (Lipinski definition) is 2. The van der Waals surface area contributed by atoms with Gasteiger partial charge >= 0.3 is 0 Å². The van der Waals surface area contributed by atoms with E-state index in [4.69, 9.17) is 11.6 Å². The van der Waals surface area contributed by atoms with Crippen molar-refractivity contribution in [3.63, 3.8) is 0 Å². The Labute approximate surface area is 136 Å². The van der Waals surface area contributed by atoms with Crippen LogP contribution < -0.4 is 4.90 Å². The average molecular weight is 321 g/mol. The number of amides is 2. The number of anilines is 1. The van der Waals surface area contributed by atoms with Crippen LogP contribution in [-0.4, -0.2) is 35.8 Å². The maximum absolute atomic E-state index is 12.8. The van der Waals surface area contributed by atoms with Crippen molar-refractivity contribution < 1.29 is 9.59 Å². The maximum atomic E-state index is 12.8. The van der Waals surface area contributed by atoms with Crippen LogP contribution in [0.2, 0.25) is 5.02 Å². The molecule has 2 fully saturated rings. The third-order valence-electron chi connectivity index (χ3n) is 4.70. The molecular weight excluding hydrogens is 300 g/mol. The zero-order valence-corrected chi connectivity index (χ0v) is 13.6. The minimum atomic E-state index is -0.359. The number of rotatable bonds is 2. The summed E-state index contributed by atoms with van der Waals surface area (Å²) in [7, 11) is 0. The van der Waals surface area contributed by atoms with Gasteiger partial charge in [0.15, 0.2) is 0 Å².